The molecule has 0 radical (unpaired) electrons. The monoisotopic (exact) mass is 279 g/mol. The first-order chi connectivity index (χ1) is 6.54. The zero-order chi connectivity index (χ0) is 10.6. The van der Waals surface area contributed by atoms with E-state index in [0.29, 0.717) is 12.1 Å². The van der Waals surface area contributed by atoms with Crippen molar-refractivity contribution >= 4 is 26.0 Å². The minimum atomic E-state index is -4.34. The number of hydrogen-bond donors (Lipinski definition) is 0. The van der Waals surface area contributed by atoms with Crippen LogP contribution in [0, 0.1) is 0 Å². The van der Waals surface area contributed by atoms with Crippen molar-refractivity contribution in [2.45, 2.75) is 11.5 Å². The third kappa shape index (κ3) is 3.38. The lowest BCUT2D eigenvalue weighted by Gasteiger charge is -2.07. The van der Waals surface area contributed by atoms with E-state index in [1.54, 1.807) is 12.1 Å². The van der Waals surface area contributed by atoms with E-state index < -0.39 is 10.1 Å². The normalized spacial score (nSPS) is 11.6. The molecule has 0 amide bonds. The first kappa shape index (κ1) is 11.6. The number of ether oxygens (including phenoxy) is 1. The topological polar surface area (TPSA) is 66.4 Å². The average molecular weight is 280 g/mol. The lowest BCUT2D eigenvalue weighted by Crippen LogP contribution is -1.98. The Morgan fingerprint density at radius 3 is 2.29 bits per heavy atom. The van der Waals surface area contributed by atoms with Crippen LogP contribution in [-0.4, -0.2) is 18.5 Å². The lowest BCUT2D eigenvalue weighted by atomic mass is 10.2. The van der Waals surface area contributed by atoms with Crippen molar-refractivity contribution in [2.24, 2.45) is 0 Å². The van der Waals surface area contributed by atoms with E-state index >= 15 is 0 Å². The van der Waals surface area contributed by atoms with E-state index in [1.807, 2.05) is 0 Å². The second-order valence-corrected chi connectivity index (χ2v) is 4.39. The average Bonchev–Trinajstić information content (AvgIpc) is 2.14. The molecule has 6 heteroatoms. The Morgan fingerprint density at radius 2 is 1.86 bits per heavy atom. The van der Waals surface area contributed by atoms with Gasteiger partial charge in [0.05, 0.1) is 11.5 Å². The van der Waals surface area contributed by atoms with Crippen LogP contribution in [0.1, 0.15) is 5.56 Å². The van der Waals surface area contributed by atoms with Crippen LogP contribution in [0.5, 0.6) is 0 Å². The zero-order valence-electron chi connectivity index (χ0n) is 7.14. The van der Waals surface area contributed by atoms with Crippen molar-refractivity contribution in [2.75, 3.05) is 5.52 Å². The maximum atomic E-state index is 10.6. The highest BCUT2D eigenvalue weighted by Gasteiger charge is 2.00. The Kier molecular flexibility index (Phi) is 4.06. The SMILES string of the molecule is O=S(=O)([O-])c1ccc(COCBr)cc1. The van der Waals surface area contributed by atoms with Crippen LogP contribution in [0.3, 0.4) is 0 Å². The molecule has 0 fully saturated rings. The maximum Gasteiger partial charge on any atom is 0.124 e. The van der Waals surface area contributed by atoms with Gasteiger partial charge in [0.1, 0.15) is 15.6 Å². The molecule has 0 aliphatic heterocycles. The molecule has 0 saturated carbocycles. The molecular weight excluding hydrogens is 272 g/mol. The van der Waals surface area contributed by atoms with Gasteiger partial charge in [-0.25, -0.2) is 8.42 Å². The smallest absolute Gasteiger partial charge is 0.124 e. The van der Waals surface area contributed by atoms with Crippen LogP contribution in [-0.2, 0) is 21.5 Å². The Balaban J connectivity index is 2.79. The second kappa shape index (κ2) is 4.88. The first-order valence-electron chi connectivity index (χ1n) is 3.72. The lowest BCUT2D eigenvalue weighted by molar-refractivity contribution is 0.172. The molecule has 0 atom stereocenters. The van der Waals surface area contributed by atoms with E-state index in [4.69, 9.17) is 4.74 Å². The summed E-state index contributed by atoms with van der Waals surface area (Å²) in [6.07, 6.45) is 0. The number of rotatable bonds is 4. The van der Waals surface area contributed by atoms with Crippen molar-refractivity contribution in [3.8, 4) is 0 Å². The van der Waals surface area contributed by atoms with E-state index in [0.717, 1.165) is 5.56 Å². The van der Waals surface area contributed by atoms with E-state index in [2.05, 4.69) is 15.9 Å². The van der Waals surface area contributed by atoms with Gasteiger partial charge in [0.2, 0.25) is 0 Å². The number of halogens is 1. The fourth-order valence-corrected chi connectivity index (χ4v) is 1.54. The molecule has 1 aromatic rings. The van der Waals surface area contributed by atoms with Gasteiger partial charge in [0.25, 0.3) is 0 Å². The van der Waals surface area contributed by atoms with Crippen LogP contribution in [0.15, 0.2) is 29.2 Å². The molecule has 0 aliphatic rings. The molecule has 0 spiro atoms. The van der Waals surface area contributed by atoms with Crippen LogP contribution in [0.2, 0.25) is 0 Å². The first-order valence-corrected chi connectivity index (χ1v) is 6.25. The van der Waals surface area contributed by atoms with Gasteiger partial charge in [-0.15, -0.1) is 0 Å². The van der Waals surface area contributed by atoms with E-state index in [1.165, 1.54) is 12.1 Å². The quantitative estimate of drug-likeness (QED) is 0.618. The maximum absolute atomic E-state index is 10.6. The molecule has 0 unspecified atom stereocenters. The molecule has 4 nitrogen and oxygen atoms in total. The molecule has 0 bridgehead atoms. The molecule has 0 heterocycles. The van der Waals surface area contributed by atoms with Crippen molar-refractivity contribution in [1.82, 2.24) is 0 Å². The highest BCUT2D eigenvalue weighted by molar-refractivity contribution is 9.09. The number of benzene rings is 1. The molecule has 14 heavy (non-hydrogen) atoms. The molecule has 0 aliphatic carbocycles. The summed E-state index contributed by atoms with van der Waals surface area (Å²) in [7, 11) is -4.34. The predicted molar refractivity (Wildman–Crippen MR) is 53.0 cm³/mol. The van der Waals surface area contributed by atoms with Crippen molar-refractivity contribution in [1.29, 1.82) is 0 Å². The van der Waals surface area contributed by atoms with Gasteiger partial charge >= 0.3 is 0 Å². The van der Waals surface area contributed by atoms with Gasteiger partial charge in [-0.2, -0.15) is 0 Å². The van der Waals surface area contributed by atoms with E-state index in [9.17, 15) is 13.0 Å². The standard InChI is InChI=1S/C8H9BrO4S/c9-6-13-5-7-1-3-8(4-2-7)14(10,11)12/h1-4H,5-6H2,(H,10,11,12)/p-1. The highest BCUT2D eigenvalue weighted by atomic mass is 79.9. The minimum absolute atomic E-state index is 0.222. The van der Waals surface area contributed by atoms with Gasteiger partial charge < -0.3 is 9.29 Å². The Labute approximate surface area is 90.8 Å². The number of hydrogen-bond acceptors (Lipinski definition) is 4. The highest BCUT2D eigenvalue weighted by Crippen LogP contribution is 2.10. The largest absolute Gasteiger partial charge is 0.744 e. The molecule has 0 aromatic heterocycles. The summed E-state index contributed by atoms with van der Waals surface area (Å²) in [4.78, 5) is -0.222. The summed E-state index contributed by atoms with van der Waals surface area (Å²) in [5.74, 6) is 0. The van der Waals surface area contributed by atoms with Gasteiger partial charge in [-0.1, -0.05) is 28.1 Å². The van der Waals surface area contributed by atoms with Crippen LogP contribution < -0.4 is 0 Å². The third-order valence-corrected chi connectivity index (χ3v) is 2.73. The van der Waals surface area contributed by atoms with Crippen LogP contribution >= 0.6 is 15.9 Å². The summed E-state index contributed by atoms with van der Waals surface area (Å²) in [5.41, 5.74) is 1.23. The van der Waals surface area contributed by atoms with Crippen molar-refractivity contribution in [3.63, 3.8) is 0 Å². The van der Waals surface area contributed by atoms with Gasteiger partial charge in [-0.05, 0) is 17.7 Å². The predicted octanol–water partition coefficient (Wildman–Crippen LogP) is 1.46. The molecule has 1 rings (SSSR count). The molecular formula is C8H8BrO4S-. The summed E-state index contributed by atoms with van der Waals surface area (Å²) < 4.78 is 36.7. The Bertz CT molecular complexity index is 384. The van der Waals surface area contributed by atoms with Gasteiger partial charge in [0, 0.05) is 0 Å². The molecule has 78 valence electrons. The molecule has 1 aromatic carbocycles. The van der Waals surface area contributed by atoms with E-state index in [-0.39, 0.29) is 4.90 Å². The van der Waals surface area contributed by atoms with Gasteiger partial charge in [-0.3, -0.25) is 0 Å². The fraction of sp³-hybridized carbons (Fsp3) is 0.250. The molecule has 0 saturated heterocycles. The third-order valence-electron chi connectivity index (χ3n) is 1.56. The summed E-state index contributed by atoms with van der Waals surface area (Å²) in [6.45, 7) is 0.379. The van der Waals surface area contributed by atoms with Crippen LogP contribution in [0.4, 0.5) is 0 Å². The molecule has 0 N–H and O–H groups in total. The Hall–Kier alpha value is -0.430. The zero-order valence-corrected chi connectivity index (χ0v) is 9.55. The second-order valence-electron chi connectivity index (χ2n) is 2.56. The summed E-state index contributed by atoms with van der Waals surface area (Å²) in [6, 6.07) is 5.64. The summed E-state index contributed by atoms with van der Waals surface area (Å²) in [5, 5.41) is 0. The minimum Gasteiger partial charge on any atom is -0.744 e. The van der Waals surface area contributed by atoms with Gasteiger partial charge in [0.15, 0.2) is 0 Å². The fourth-order valence-electron chi connectivity index (χ4n) is 0.909. The van der Waals surface area contributed by atoms with Crippen molar-refractivity contribution < 1.29 is 17.7 Å². The van der Waals surface area contributed by atoms with Crippen LogP contribution in [0.25, 0.3) is 0 Å². The Morgan fingerprint density at radius 1 is 1.29 bits per heavy atom. The summed E-state index contributed by atoms with van der Waals surface area (Å²) >= 11 is 3.08. The number of alkyl halides is 1. The van der Waals surface area contributed by atoms with Crippen molar-refractivity contribution in [3.05, 3.63) is 29.8 Å².